The second-order valence-corrected chi connectivity index (χ2v) is 5.07. The highest BCUT2D eigenvalue weighted by Crippen LogP contribution is 2.17. The van der Waals surface area contributed by atoms with Crippen LogP contribution in [0, 0.1) is 17.0 Å². The van der Waals surface area contributed by atoms with Crippen LogP contribution in [0.5, 0.6) is 5.75 Å². The lowest BCUT2D eigenvalue weighted by molar-refractivity contribution is -0.403. The van der Waals surface area contributed by atoms with Crippen molar-refractivity contribution < 1.29 is 9.66 Å². The molecule has 0 aliphatic rings. The SMILES string of the molecule is COc1ccc(NC(/C=C/Nc2ccc(C)cc2)=C/[N+](=O)[O-])cc1. The van der Waals surface area contributed by atoms with Crippen LogP contribution in [0.1, 0.15) is 5.56 Å². The van der Waals surface area contributed by atoms with E-state index in [1.807, 2.05) is 31.2 Å². The number of benzene rings is 2. The van der Waals surface area contributed by atoms with Gasteiger partial charge in [-0.3, -0.25) is 10.1 Å². The van der Waals surface area contributed by atoms with Crippen LogP contribution in [0.4, 0.5) is 11.4 Å². The zero-order valence-electron chi connectivity index (χ0n) is 13.5. The quantitative estimate of drug-likeness (QED) is 0.454. The summed E-state index contributed by atoms with van der Waals surface area (Å²) in [6, 6.07) is 15.0. The average molecular weight is 325 g/mol. The molecule has 0 spiro atoms. The number of aryl methyl sites for hydroxylation is 1. The first-order valence-corrected chi connectivity index (χ1v) is 7.33. The molecule has 6 heteroatoms. The summed E-state index contributed by atoms with van der Waals surface area (Å²) in [5, 5.41) is 16.9. The van der Waals surface area contributed by atoms with Gasteiger partial charge in [-0.2, -0.15) is 0 Å². The van der Waals surface area contributed by atoms with Crippen LogP contribution >= 0.6 is 0 Å². The van der Waals surface area contributed by atoms with Gasteiger partial charge in [-0.05, 0) is 49.4 Å². The Hall–Kier alpha value is -3.28. The summed E-state index contributed by atoms with van der Waals surface area (Å²) in [5.74, 6) is 0.719. The van der Waals surface area contributed by atoms with Crippen molar-refractivity contribution >= 4 is 11.4 Å². The van der Waals surface area contributed by atoms with Crippen molar-refractivity contribution in [2.24, 2.45) is 0 Å². The summed E-state index contributed by atoms with van der Waals surface area (Å²) in [6.07, 6.45) is 4.17. The van der Waals surface area contributed by atoms with Crippen LogP contribution in [0.3, 0.4) is 0 Å². The Kier molecular flexibility index (Phi) is 5.96. The number of allylic oxidation sites excluding steroid dienone is 1. The predicted octanol–water partition coefficient (Wildman–Crippen LogP) is 4.16. The van der Waals surface area contributed by atoms with Crippen LogP contribution in [-0.2, 0) is 0 Å². The van der Waals surface area contributed by atoms with Gasteiger partial charge in [0.15, 0.2) is 0 Å². The molecule has 24 heavy (non-hydrogen) atoms. The number of anilines is 2. The van der Waals surface area contributed by atoms with Gasteiger partial charge >= 0.3 is 0 Å². The molecule has 0 unspecified atom stereocenters. The smallest absolute Gasteiger partial charge is 0.257 e. The van der Waals surface area contributed by atoms with Gasteiger partial charge in [0.05, 0.1) is 12.0 Å². The summed E-state index contributed by atoms with van der Waals surface area (Å²) in [6.45, 7) is 2.01. The molecule has 2 aromatic rings. The van der Waals surface area contributed by atoms with Crippen LogP contribution in [-0.4, -0.2) is 12.0 Å². The third-order valence-electron chi connectivity index (χ3n) is 3.19. The number of methoxy groups -OCH3 is 1. The Labute approximate surface area is 140 Å². The number of ether oxygens (including phenoxy) is 1. The minimum Gasteiger partial charge on any atom is -0.497 e. The molecule has 2 aromatic carbocycles. The third-order valence-corrected chi connectivity index (χ3v) is 3.19. The fourth-order valence-electron chi connectivity index (χ4n) is 1.95. The van der Waals surface area contributed by atoms with Crippen LogP contribution in [0.25, 0.3) is 0 Å². The fourth-order valence-corrected chi connectivity index (χ4v) is 1.95. The van der Waals surface area contributed by atoms with Crippen molar-refractivity contribution in [3.63, 3.8) is 0 Å². The first kappa shape index (κ1) is 17.1. The van der Waals surface area contributed by atoms with E-state index in [4.69, 9.17) is 4.74 Å². The number of hydrogen-bond donors (Lipinski definition) is 2. The maximum atomic E-state index is 10.8. The Morgan fingerprint density at radius 3 is 2.29 bits per heavy atom. The van der Waals surface area contributed by atoms with Crippen LogP contribution in [0.2, 0.25) is 0 Å². The van der Waals surface area contributed by atoms with Gasteiger partial charge in [0.1, 0.15) is 11.4 Å². The van der Waals surface area contributed by atoms with Gasteiger partial charge < -0.3 is 15.4 Å². The molecule has 6 nitrogen and oxygen atoms in total. The van der Waals surface area contributed by atoms with E-state index in [1.54, 1.807) is 43.7 Å². The lowest BCUT2D eigenvalue weighted by Gasteiger charge is -2.07. The summed E-state index contributed by atoms with van der Waals surface area (Å²) in [4.78, 5) is 10.3. The molecule has 0 fully saturated rings. The lowest BCUT2D eigenvalue weighted by atomic mass is 10.2. The zero-order chi connectivity index (χ0) is 17.4. The topological polar surface area (TPSA) is 76.4 Å². The molecule has 0 amide bonds. The van der Waals surface area contributed by atoms with E-state index in [1.165, 1.54) is 5.56 Å². The summed E-state index contributed by atoms with van der Waals surface area (Å²) >= 11 is 0. The molecule has 0 heterocycles. The van der Waals surface area contributed by atoms with Crippen LogP contribution < -0.4 is 15.4 Å². The monoisotopic (exact) mass is 325 g/mol. The van der Waals surface area contributed by atoms with Gasteiger partial charge in [-0.25, -0.2) is 0 Å². The number of nitrogens with one attached hydrogen (secondary N) is 2. The molecular formula is C18H19N3O3. The van der Waals surface area contributed by atoms with Crippen molar-refractivity contribution in [2.45, 2.75) is 6.92 Å². The Balaban J connectivity index is 2.05. The Bertz CT molecular complexity index is 735. The first-order valence-electron chi connectivity index (χ1n) is 7.33. The number of nitrogens with zero attached hydrogens (tertiary/aromatic N) is 1. The van der Waals surface area contributed by atoms with E-state index in [2.05, 4.69) is 10.6 Å². The standard InChI is InChI=1S/C18H19N3O3/c1-14-3-5-15(6-4-14)19-12-11-17(13-21(22)23)20-16-7-9-18(24-2)10-8-16/h3-13,19-20H,1-2H3/b12-11+,17-13+. The average Bonchev–Trinajstić information content (AvgIpc) is 2.57. The highest BCUT2D eigenvalue weighted by atomic mass is 16.6. The molecule has 0 aliphatic heterocycles. The first-order chi connectivity index (χ1) is 11.6. The summed E-state index contributed by atoms with van der Waals surface area (Å²) in [7, 11) is 1.58. The maximum Gasteiger partial charge on any atom is 0.257 e. The summed E-state index contributed by atoms with van der Waals surface area (Å²) < 4.78 is 5.09. The predicted molar refractivity (Wildman–Crippen MR) is 95.6 cm³/mol. The number of rotatable bonds is 7. The summed E-state index contributed by atoms with van der Waals surface area (Å²) in [5.41, 5.74) is 3.15. The molecule has 2 rings (SSSR count). The molecular weight excluding hydrogens is 306 g/mol. The number of nitro groups is 1. The van der Waals surface area contributed by atoms with Crippen LogP contribution in [0.15, 0.2) is 72.7 Å². The molecule has 2 N–H and O–H groups in total. The molecule has 0 bridgehead atoms. The minimum absolute atomic E-state index is 0.352. The van der Waals surface area contributed by atoms with E-state index in [-0.39, 0.29) is 0 Å². The Morgan fingerprint density at radius 1 is 1.08 bits per heavy atom. The molecule has 0 aliphatic carbocycles. The van der Waals surface area contributed by atoms with E-state index in [9.17, 15) is 10.1 Å². The van der Waals surface area contributed by atoms with Crippen molar-refractivity contribution in [3.05, 3.63) is 88.4 Å². The third kappa shape index (κ3) is 5.49. The lowest BCUT2D eigenvalue weighted by Crippen LogP contribution is -2.01. The molecule has 124 valence electrons. The highest BCUT2D eigenvalue weighted by Gasteiger charge is 2.01. The normalized spacial score (nSPS) is 11.3. The Morgan fingerprint density at radius 2 is 1.71 bits per heavy atom. The van der Waals surface area contributed by atoms with Crippen molar-refractivity contribution in [3.8, 4) is 5.75 Å². The van der Waals surface area contributed by atoms with Gasteiger partial charge in [0, 0.05) is 17.6 Å². The molecule has 0 aromatic heterocycles. The molecule has 0 atom stereocenters. The van der Waals surface area contributed by atoms with Crippen molar-refractivity contribution in [2.75, 3.05) is 17.7 Å². The van der Waals surface area contributed by atoms with Gasteiger partial charge in [-0.1, -0.05) is 17.7 Å². The zero-order valence-corrected chi connectivity index (χ0v) is 13.5. The molecule has 0 radical (unpaired) electrons. The van der Waals surface area contributed by atoms with Gasteiger partial charge in [0.2, 0.25) is 0 Å². The van der Waals surface area contributed by atoms with E-state index in [0.717, 1.165) is 23.3 Å². The van der Waals surface area contributed by atoms with E-state index in [0.29, 0.717) is 5.70 Å². The second kappa shape index (κ2) is 8.38. The highest BCUT2D eigenvalue weighted by molar-refractivity contribution is 5.53. The van der Waals surface area contributed by atoms with Gasteiger partial charge in [-0.15, -0.1) is 0 Å². The van der Waals surface area contributed by atoms with Crippen molar-refractivity contribution in [1.29, 1.82) is 0 Å². The van der Waals surface area contributed by atoms with Crippen molar-refractivity contribution in [1.82, 2.24) is 0 Å². The number of hydrogen-bond acceptors (Lipinski definition) is 5. The molecule has 0 saturated heterocycles. The minimum atomic E-state index is -0.498. The largest absolute Gasteiger partial charge is 0.497 e. The van der Waals surface area contributed by atoms with E-state index < -0.39 is 4.92 Å². The molecule has 0 saturated carbocycles. The van der Waals surface area contributed by atoms with E-state index >= 15 is 0 Å². The maximum absolute atomic E-state index is 10.8. The second-order valence-electron chi connectivity index (χ2n) is 5.07. The van der Waals surface area contributed by atoms with Gasteiger partial charge in [0.25, 0.3) is 6.20 Å². The fraction of sp³-hybridized carbons (Fsp3) is 0.111.